The van der Waals surface area contributed by atoms with Crippen LogP contribution in [0.15, 0.2) is 30.5 Å². The minimum atomic E-state index is -0.877. The maximum Gasteiger partial charge on any atom is 0.336 e. The van der Waals surface area contributed by atoms with Gasteiger partial charge in [0.2, 0.25) is 0 Å². The van der Waals surface area contributed by atoms with Crippen molar-refractivity contribution in [1.29, 1.82) is 0 Å². The van der Waals surface area contributed by atoms with E-state index in [1.807, 2.05) is 32.2 Å². The molecule has 1 aliphatic rings. The zero-order valence-electron chi connectivity index (χ0n) is 18.3. The number of nitrogens with zero attached hydrogens (tertiary/aromatic N) is 3. The number of carboxylic acids is 1. The van der Waals surface area contributed by atoms with Crippen LogP contribution in [-0.4, -0.2) is 53.7 Å². The molecule has 1 heterocycles. The summed E-state index contributed by atoms with van der Waals surface area (Å²) >= 11 is 0. The van der Waals surface area contributed by atoms with Gasteiger partial charge in [0.1, 0.15) is 0 Å². The molecular weight excluding hydrogens is 362 g/mol. The minimum Gasteiger partial charge on any atom is -0.478 e. The number of benzene rings is 1. The van der Waals surface area contributed by atoms with Crippen LogP contribution in [-0.2, 0) is 0 Å². The Labute approximate surface area is 174 Å². The van der Waals surface area contributed by atoms with E-state index in [2.05, 4.69) is 41.9 Å². The number of aromatic carboxylic acids is 1. The zero-order valence-corrected chi connectivity index (χ0v) is 18.3. The number of anilines is 1. The summed E-state index contributed by atoms with van der Waals surface area (Å²) < 4.78 is 0. The SMILES string of the molecule is CCN(c1cc(-c2ccc(C)nc2)cc(C(=O)O)c1C)[C@H]1CC[C@H](N(C)C)CC1. The van der Waals surface area contributed by atoms with Crippen molar-refractivity contribution in [2.75, 3.05) is 25.5 Å². The second kappa shape index (κ2) is 8.95. The average Bonchev–Trinajstić information content (AvgIpc) is 2.70. The van der Waals surface area contributed by atoms with Gasteiger partial charge in [-0.25, -0.2) is 4.79 Å². The van der Waals surface area contributed by atoms with Crippen molar-refractivity contribution in [3.05, 3.63) is 47.3 Å². The van der Waals surface area contributed by atoms with Crippen molar-refractivity contribution in [2.24, 2.45) is 0 Å². The monoisotopic (exact) mass is 395 g/mol. The summed E-state index contributed by atoms with van der Waals surface area (Å²) in [5.41, 5.74) is 5.07. The topological polar surface area (TPSA) is 56.7 Å². The van der Waals surface area contributed by atoms with Crippen LogP contribution in [0.5, 0.6) is 0 Å². The molecule has 0 spiro atoms. The highest BCUT2D eigenvalue weighted by Gasteiger charge is 2.28. The Morgan fingerprint density at radius 1 is 1.07 bits per heavy atom. The summed E-state index contributed by atoms with van der Waals surface area (Å²) in [7, 11) is 4.32. The van der Waals surface area contributed by atoms with Gasteiger partial charge in [-0.2, -0.15) is 0 Å². The second-order valence-electron chi connectivity index (χ2n) is 8.37. The van der Waals surface area contributed by atoms with E-state index in [0.29, 0.717) is 17.6 Å². The minimum absolute atomic E-state index is 0.374. The Bertz CT molecular complexity index is 853. The Morgan fingerprint density at radius 2 is 1.72 bits per heavy atom. The van der Waals surface area contributed by atoms with Crippen LogP contribution in [0.25, 0.3) is 11.1 Å². The van der Waals surface area contributed by atoms with Gasteiger partial charge in [0, 0.05) is 41.8 Å². The Balaban J connectivity index is 2.00. The molecule has 1 aromatic heterocycles. The van der Waals surface area contributed by atoms with Crippen LogP contribution < -0.4 is 4.90 Å². The van der Waals surface area contributed by atoms with Crippen LogP contribution in [0.3, 0.4) is 0 Å². The summed E-state index contributed by atoms with van der Waals surface area (Å²) in [5.74, 6) is -0.877. The van der Waals surface area contributed by atoms with Gasteiger partial charge in [-0.15, -0.1) is 0 Å². The van der Waals surface area contributed by atoms with Crippen LogP contribution >= 0.6 is 0 Å². The molecule has 0 bridgehead atoms. The van der Waals surface area contributed by atoms with Crippen LogP contribution in [0.2, 0.25) is 0 Å². The van der Waals surface area contributed by atoms with Crippen molar-refractivity contribution in [3.8, 4) is 11.1 Å². The van der Waals surface area contributed by atoms with Crippen molar-refractivity contribution >= 4 is 11.7 Å². The summed E-state index contributed by atoms with van der Waals surface area (Å²) in [6.07, 6.45) is 6.46. The lowest BCUT2D eigenvalue weighted by Gasteiger charge is -2.40. The average molecular weight is 396 g/mol. The predicted molar refractivity (Wildman–Crippen MR) is 119 cm³/mol. The first-order valence-electron chi connectivity index (χ1n) is 10.6. The van der Waals surface area contributed by atoms with Crippen LogP contribution in [0.4, 0.5) is 5.69 Å². The largest absolute Gasteiger partial charge is 0.478 e. The Morgan fingerprint density at radius 3 is 2.24 bits per heavy atom. The molecule has 0 radical (unpaired) electrons. The van der Waals surface area contributed by atoms with Gasteiger partial charge in [0.15, 0.2) is 0 Å². The number of carboxylic acid groups (broad SMARTS) is 1. The molecular formula is C24H33N3O2. The third-order valence-electron chi connectivity index (χ3n) is 6.34. The van der Waals surface area contributed by atoms with Crippen LogP contribution in [0, 0.1) is 13.8 Å². The molecule has 1 N–H and O–H groups in total. The molecule has 0 amide bonds. The third kappa shape index (κ3) is 4.61. The van der Waals surface area contributed by atoms with Crippen molar-refractivity contribution in [2.45, 2.75) is 58.5 Å². The number of aromatic nitrogens is 1. The molecule has 156 valence electrons. The molecule has 3 rings (SSSR count). The Kier molecular flexibility index (Phi) is 6.58. The summed E-state index contributed by atoms with van der Waals surface area (Å²) in [5, 5.41) is 9.83. The molecule has 5 nitrogen and oxygen atoms in total. The maximum atomic E-state index is 12.0. The van der Waals surface area contributed by atoms with E-state index in [9.17, 15) is 9.90 Å². The molecule has 0 unspecified atom stereocenters. The van der Waals surface area contributed by atoms with E-state index in [1.165, 1.54) is 12.8 Å². The molecule has 0 aliphatic heterocycles. The molecule has 1 aromatic carbocycles. The number of hydrogen-bond acceptors (Lipinski definition) is 4. The van der Waals surface area contributed by atoms with Gasteiger partial charge in [0.25, 0.3) is 0 Å². The number of pyridine rings is 1. The van der Waals surface area contributed by atoms with Gasteiger partial charge in [-0.1, -0.05) is 6.07 Å². The molecule has 1 aliphatic carbocycles. The standard InChI is InChI=1S/C24H33N3O2/c1-6-27(21-11-9-20(10-12-21)26(4)5)23-14-19(13-22(17(23)3)24(28)29)18-8-7-16(2)25-15-18/h7-8,13-15,20-21H,6,9-12H2,1-5H3,(H,28,29)/t20-,21-. The molecule has 1 saturated carbocycles. The number of carbonyl (C=O) groups is 1. The first-order chi connectivity index (χ1) is 13.8. The van der Waals surface area contributed by atoms with Gasteiger partial charge in [-0.05, 0) is 89.9 Å². The fourth-order valence-corrected chi connectivity index (χ4v) is 4.54. The zero-order chi connectivity index (χ0) is 21.1. The van der Waals surface area contributed by atoms with E-state index in [0.717, 1.165) is 47.5 Å². The molecule has 2 aromatic rings. The van der Waals surface area contributed by atoms with E-state index >= 15 is 0 Å². The number of hydrogen-bond donors (Lipinski definition) is 1. The van der Waals surface area contributed by atoms with Crippen molar-refractivity contribution < 1.29 is 9.90 Å². The lowest BCUT2D eigenvalue weighted by atomic mass is 9.88. The van der Waals surface area contributed by atoms with Gasteiger partial charge in [0.05, 0.1) is 5.56 Å². The Hall–Kier alpha value is -2.40. The van der Waals surface area contributed by atoms with E-state index in [4.69, 9.17) is 0 Å². The van der Waals surface area contributed by atoms with Gasteiger partial charge in [-0.3, -0.25) is 4.98 Å². The summed E-state index contributed by atoms with van der Waals surface area (Å²) in [6.45, 7) is 6.92. The quantitative estimate of drug-likeness (QED) is 0.764. The van der Waals surface area contributed by atoms with Crippen LogP contribution in [0.1, 0.15) is 54.2 Å². The second-order valence-corrected chi connectivity index (χ2v) is 8.37. The first-order valence-corrected chi connectivity index (χ1v) is 10.6. The lowest BCUT2D eigenvalue weighted by Crippen LogP contribution is -2.42. The molecule has 29 heavy (non-hydrogen) atoms. The molecule has 5 heteroatoms. The smallest absolute Gasteiger partial charge is 0.336 e. The van der Waals surface area contributed by atoms with Crippen molar-refractivity contribution in [1.82, 2.24) is 9.88 Å². The first kappa shape index (κ1) is 21.3. The van der Waals surface area contributed by atoms with Gasteiger partial charge < -0.3 is 14.9 Å². The summed E-state index contributed by atoms with van der Waals surface area (Å²) in [4.78, 5) is 21.1. The maximum absolute atomic E-state index is 12.0. The highest BCUT2D eigenvalue weighted by Crippen LogP contribution is 2.35. The van der Waals surface area contributed by atoms with E-state index in [1.54, 1.807) is 6.07 Å². The third-order valence-corrected chi connectivity index (χ3v) is 6.34. The number of rotatable bonds is 6. The predicted octanol–water partition coefficient (Wildman–Crippen LogP) is 4.76. The summed E-state index contributed by atoms with van der Waals surface area (Å²) in [6, 6.07) is 9.00. The van der Waals surface area contributed by atoms with Crippen molar-refractivity contribution in [3.63, 3.8) is 0 Å². The fraction of sp³-hybridized carbons (Fsp3) is 0.500. The highest BCUT2D eigenvalue weighted by molar-refractivity contribution is 5.93. The molecule has 0 saturated heterocycles. The molecule has 1 fully saturated rings. The fourth-order valence-electron chi connectivity index (χ4n) is 4.54. The normalized spacial score (nSPS) is 19.4. The number of aryl methyl sites for hydroxylation is 1. The lowest BCUT2D eigenvalue weighted by molar-refractivity contribution is 0.0696. The van der Waals surface area contributed by atoms with Gasteiger partial charge >= 0.3 is 5.97 Å². The highest BCUT2D eigenvalue weighted by atomic mass is 16.4. The van der Waals surface area contributed by atoms with E-state index < -0.39 is 5.97 Å². The van der Waals surface area contributed by atoms with E-state index in [-0.39, 0.29) is 0 Å². The molecule has 0 atom stereocenters.